The van der Waals surface area contributed by atoms with Crippen LogP contribution >= 0.6 is 11.3 Å². The highest BCUT2D eigenvalue weighted by molar-refractivity contribution is 7.18. The molecule has 2 heterocycles. The van der Waals surface area contributed by atoms with Crippen LogP contribution in [0.1, 0.15) is 16.8 Å². The number of nitrogens with zero attached hydrogens (tertiary/aromatic N) is 4. The Bertz CT molecular complexity index is 772. The van der Waals surface area contributed by atoms with Gasteiger partial charge in [-0.3, -0.25) is 0 Å². The van der Waals surface area contributed by atoms with Crippen molar-refractivity contribution in [2.75, 3.05) is 5.73 Å². The molecule has 3 rings (SSSR count). The van der Waals surface area contributed by atoms with Gasteiger partial charge in [0.2, 0.25) is 5.13 Å². The van der Waals surface area contributed by atoms with Gasteiger partial charge in [-0.2, -0.15) is 5.10 Å². The first kappa shape index (κ1) is 12.8. The molecule has 0 amide bonds. The summed E-state index contributed by atoms with van der Waals surface area (Å²) in [7, 11) is 0. The summed E-state index contributed by atoms with van der Waals surface area (Å²) in [5.41, 5.74) is 11.2. The highest BCUT2D eigenvalue weighted by Crippen LogP contribution is 2.29. The van der Waals surface area contributed by atoms with E-state index in [0.717, 1.165) is 22.0 Å². The fourth-order valence-corrected chi connectivity index (χ4v) is 2.92. The van der Waals surface area contributed by atoms with Crippen molar-refractivity contribution in [1.82, 2.24) is 20.0 Å². The fraction of sp³-hybridized carbons (Fsp3) is 0.214. The Kier molecular flexibility index (Phi) is 3.02. The summed E-state index contributed by atoms with van der Waals surface area (Å²) < 4.78 is 1.93. The van der Waals surface area contributed by atoms with Crippen molar-refractivity contribution >= 4 is 16.5 Å². The number of aryl methyl sites for hydroxylation is 2. The minimum absolute atomic E-state index is 0.471. The molecule has 5 nitrogen and oxygen atoms in total. The Hall–Kier alpha value is -2.21. The van der Waals surface area contributed by atoms with Gasteiger partial charge in [0.25, 0.3) is 0 Å². The van der Waals surface area contributed by atoms with E-state index >= 15 is 0 Å². The predicted molar refractivity (Wildman–Crippen MR) is 81.1 cm³/mol. The molecule has 20 heavy (non-hydrogen) atoms. The molecule has 0 bridgehead atoms. The quantitative estimate of drug-likeness (QED) is 0.786. The zero-order chi connectivity index (χ0) is 14.3. The molecule has 0 aliphatic heterocycles. The van der Waals surface area contributed by atoms with Gasteiger partial charge >= 0.3 is 0 Å². The van der Waals surface area contributed by atoms with E-state index in [2.05, 4.69) is 47.3 Å². The first-order valence-electron chi connectivity index (χ1n) is 6.28. The van der Waals surface area contributed by atoms with Crippen LogP contribution in [0.5, 0.6) is 0 Å². The number of hydrogen-bond donors (Lipinski definition) is 1. The Morgan fingerprint density at radius 1 is 1.15 bits per heavy atom. The molecule has 0 fully saturated rings. The average Bonchev–Trinajstić information content (AvgIpc) is 2.96. The van der Waals surface area contributed by atoms with E-state index in [1.165, 1.54) is 22.5 Å². The van der Waals surface area contributed by atoms with Crippen LogP contribution < -0.4 is 5.73 Å². The number of hydrogen-bond acceptors (Lipinski definition) is 5. The molecule has 2 aromatic heterocycles. The molecule has 3 aromatic rings. The van der Waals surface area contributed by atoms with Crippen molar-refractivity contribution in [1.29, 1.82) is 0 Å². The Balaban J connectivity index is 2.10. The van der Waals surface area contributed by atoms with E-state index in [4.69, 9.17) is 5.73 Å². The second-order valence-electron chi connectivity index (χ2n) is 4.79. The highest BCUT2D eigenvalue weighted by atomic mass is 32.1. The summed E-state index contributed by atoms with van der Waals surface area (Å²) in [6.07, 6.45) is 1.81. The molecule has 0 aliphatic rings. The van der Waals surface area contributed by atoms with Crippen molar-refractivity contribution in [2.45, 2.75) is 20.8 Å². The van der Waals surface area contributed by atoms with Crippen molar-refractivity contribution < 1.29 is 0 Å². The molecule has 102 valence electrons. The Morgan fingerprint density at radius 3 is 2.60 bits per heavy atom. The van der Waals surface area contributed by atoms with Crippen molar-refractivity contribution in [3.8, 4) is 16.3 Å². The van der Waals surface area contributed by atoms with Crippen molar-refractivity contribution in [3.05, 3.63) is 41.2 Å². The normalized spacial score (nSPS) is 10.9. The SMILES string of the molecule is Cc1ccc(-n2ncc(-c3nnc(N)s3)c2C)c(C)c1. The smallest absolute Gasteiger partial charge is 0.203 e. The molecule has 0 saturated heterocycles. The lowest BCUT2D eigenvalue weighted by molar-refractivity contribution is 0.840. The van der Waals surface area contributed by atoms with E-state index < -0.39 is 0 Å². The molecule has 0 spiro atoms. The van der Waals surface area contributed by atoms with Crippen LogP contribution in [0.15, 0.2) is 24.4 Å². The third-order valence-electron chi connectivity index (χ3n) is 3.26. The Morgan fingerprint density at radius 2 is 1.95 bits per heavy atom. The number of anilines is 1. The van der Waals surface area contributed by atoms with Crippen LogP contribution in [-0.2, 0) is 0 Å². The summed E-state index contributed by atoms with van der Waals surface area (Å²) in [6.45, 7) is 6.20. The van der Waals surface area contributed by atoms with Gasteiger partial charge in [0.05, 0.1) is 23.1 Å². The lowest BCUT2D eigenvalue weighted by Gasteiger charge is -2.09. The summed E-state index contributed by atoms with van der Waals surface area (Å²) in [6, 6.07) is 6.33. The van der Waals surface area contributed by atoms with E-state index in [0.29, 0.717) is 5.13 Å². The second-order valence-corrected chi connectivity index (χ2v) is 5.80. The van der Waals surface area contributed by atoms with E-state index in [-0.39, 0.29) is 0 Å². The van der Waals surface area contributed by atoms with Crippen LogP contribution in [-0.4, -0.2) is 20.0 Å². The third kappa shape index (κ3) is 2.08. The van der Waals surface area contributed by atoms with Crippen LogP contribution in [0.4, 0.5) is 5.13 Å². The number of rotatable bonds is 2. The largest absolute Gasteiger partial charge is 0.374 e. The second kappa shape index (κ2) is 4.72. The van der Waals surface area contributed by atoms with Crippen LogP contribution in [0.3, 0.4) is 0 Å². The predicted octanol–water partition coefficient (Wildman–Crippen LogP) is 2.90. The number of aromatic nitrogens is 4. The lowest BCUT2D eigenvalue weighted by atomic mass is 10.1. The van der Waals surface area contributed by atoms with Gasteiger partial charge in [0.1, 0.15) is 0 Å². The van der Waals surface area contributed by atoms with Gasteiger partial charge in [-0.25, -0.2) is 4.68 Å². The summed E-state index contributed by atoms with van der Waals surface area (Å²) >= 11 is 1.37. The van der Waals surface area contributed by atoms with Gasteiger partial charge in [0.15, 0.2) is 5.01 Å². The topological polar surface area (TPSA) is 69.6 Å². The molecule has 0 atom stereocenters. The molecule has 1 aromatic carbocycles. The van der Waals surface area contributed by atoms with Gasteiger partial charge in [-0.1, -0.05) is 29.0 Å². The zero-order valence-electron chi connectivity index (χ0n) is 11.6. The molecule has 0 unspecified atom stereocenters. The maximum atomic E-state index is 5.64. The van der Waals surface area contributed by atoms with Gasteiger partial charge in [-0.05, 0) is 32.4 Å². The number of nitrogens with two attached hydrogens (primary N) is 1. The maximum absolute atomic E-state index is 5.64. The molecular formula is C14H15N5S. The van der Waals surface area contributed by atoms with Crippen molar-refractivity contribution in [3.63, 3.8) is 0 Å². The standard InChI is InChI=1S/C14H15N5S/c1-8-4-5-12(9(2)6-8)19-10(3)11(7-16-19)13-17-18-14(15)20-13/h4-7H,1-3H3,(H2,15,18). The van der Waals surface area contributed by atoms with Crippen LogP contribution in [0.2, 0.25) is 0 Å². The summed E-state index contributed by atoms with van der Waals surface area (Å²) in [4.78, 5) is 0. The van der Waals surface area contributed by atoms with E-state index in [1.807, 2.05) is 17.8 Å². The molecular weight excluding hydrogens is 270 g/mol. The van der Waals surface area contributed by atoms with Gasteiger partial charge < -0.3 is 5.73 Å². The first-order valence-corrected chi connectivity index (χ1v) is 7.09. The Labute approximate surface area is 121 Å². The summed E-state index contributed by atoms with van der Waals surface area (Å²) in [5.74, 6) is 0. The molecule has 0 aliphatic carbocycles. The third-order valence-corrected chi connectivity index (χ3v) is 4.05. The highest BCUT2D eigenvalue weighted by Gasteiger charge is 2.14. The molecule has 0 saturated carbocycles. The lowest BCUT2D eigenvalue weighted by Crippen LogP contribution is -2.01. The van der Waals surface area contributed by atoms with Crippen LogP contribution in [0.25, 0.3) is 16.3 Å². The fourth-order valence-electron chi connectivity index (χ4n) is 2.25. The molecule has 0 radical (unpaired) electrons. The van der Waals surface area contributed by atoms with Crippen LogP contribution in [0, 0.1) is 20.8 Å². The van der Waals surface area contributed by atoms with E-state index in [9.17, 15) is 0 Å². The number of nitrogen functional groups attached to an aromatic ring is 1. The molecule has 6 heteroatoms. The van der Waals surface area contributed by atoms with Gasteiger partial charge in [-0.15, -0.1) is 10.2 Å². The number of benzene rings is 1. The summed E-state index contributed by atoms with van der Waals surface area (Å²) in [5, 5.41) is 13.7. The minimum atomic E-state index is 0.471. The van der Waals surface area contributed by atoms with Gasteiger partial charge in [0, 0.05) is 0 Å². The first-order chi connectivity index (χ1) is 9.56. The monoisotopic (exact) mass is 285 g/mol. The maximum Gasteiger partial charge on any atom is 0.203 e. The van der Waals surface area contributed by atoms with E-state index in [1.54, 1.807) is 0 Å². The molecule has 2 N–H and O–H groups in total. The van der Waals surface area contributed by atoms with Crippen molar-refractivity contribution in [2.24, 2.45) is 0 Å². The zero-order valence-corrected chi connectivity index (χ0v) is 12.4. The average molecular weight is 285 g/mol. The minimum Gasteiger partial charge on any atom is -0.374 e.